The molecular weight excluding hydrogens is 262 g/mol. The van der Waals surface area contributed by atoms with E-state index >= 15 is 0 Å². The SMILES string of the molecule is COc1ccc(S(=O)(=O)NCCCCl)cc1C. The highest BCUT2D eigenvalue weighted by molar-refractivity contribution is 7.89. The molecule has 0 unspecified atom stereocenters. The van der Waals surface area contributed by atoms with Gasteiger partial charge in [-0.3, -0.25) is 0 Å². The van der Waals surface area contributed by atoms with Crippen molar-refractivity contribution in [3.05, 3.63) is 23.8 Å². The zero-order valence-corrected chi connectivity index (χ0v) is 11.4. The molecule has 6 heteroatoms. The number of sulfonamides is 1. The van der Waals surface area contributed by atoms with Gasteiger partial charge in [0.15, 0.2) is 0 Å². The Labute approximate surface area is 107 Å². The van der Waals surface area contributed by atoms with E-state index in [2.05, 4.69) is 4.72 Å². The Hall–Kier alpha value is -0.780. The second-order valence-electron chi connectivity index (χ2n) is 3.57. The predicted molar refractivity (Wildman–Crippen MR) is 68.3 cm³/mol. The van der Waals surface area contributed by atoms with Crippen LogP contribution in [0.3, 0.4) is 0 Å². The van der Waals surface area contributed by atoms with Crippen molar-refractivity contribution in [3.63, 3.8) is 0 Å². The van der Waals surface area contributed by atoms with Crippen LogP contribution in [0.15, 0.2) is 23.1 Å². The van der Waals surface area contributed by atoms with Gasteiger partial charge in [0.2, 0.25) is 10.0 Å². The van der Waals surface area contributed by atoms with Crippen molar-refractivity contribution in [1.29, 1.82) is 0 Å². The number of hydrogen-bond donors (Lipinski definition) is 1. The molecule has 1 aromatic carbocycles. The summed E-state index contributed by atoms with van der Waals surface area (Å²) in [6, 6.07) is 4.75. The average Bonchev–Trinajstić information content (AvgIpc) is 2.29. The summed E-state index contributed by atoms with van der Waals surface area (Å²) in [7, 11) is -1.89. The van der Waals surface area contributed by atoms with E-state index in [4.69, 9.17) is 16.3 Å². The Morgan fingerprint density at radius 3 is 2.65 bits per heavy atom. The van der Waals surface area contributed by atoms with E-state index in [-0.39, 0.29) is 4.90 Å². The number of methoxy groups -OCH3 is 1. The Morgan fingerprint density at radius 2 is 2.12 bits per heavy atom. The standard InChI is InChI=1S/C11H16ClNO3S/c1-9-8-10(4-5-11(9)16-2)17(14,15)13-7-3-6-12/h4-5,8,13H,3,6-7H2,1-2H3. The van der Waals surface area contributed by atoms with Crippen molar-refractivity contribution >= 4 is 21.6 Å². The molecule has 0 heterocycles. The van der Waals surface area contributed by atoms with Gasteiger partial charge in [-0.15, -0.1) is 11.6 Å². The zero-order valence-electron chi connectivity index (χ0n) is 9.86. The largest absolute Gasteiger partial charge is 0.496 e. The van der Waals surface area contributed by atoms with Crippen LogP contribution in [0.1, 0.15) is 12.0 Å². The van der Waals surface area contributed by atoms with Crippen molar-refractivity contribution in [1.82, 2.24) is 4.72 Å². The lowest BCUT2D eigenvalue weighted by atomic mass is 10.2. The lowest BCUT2D eigenvalue weighted by molar-refractivity contribution is 0.411. The molecule has 0 bridgehead atoms. The number of rotatable bonds is 6. The van der Waals surface area contributed by atoms with Gasteiger partial charge in [0.05, 0.1) is 12.0 Å². The van der Waals surface area contributed by atoms with Crippen LogP contribution in [0.2, 0.25) is 0 Å². The van der Waals surface area contributed by atoms with Gasteiger partial charge in [0.25, 0.3) is 0 Å². The first-order valence-electron chi connectivity index (χ1n) is 5.21. The summed E-state index contributed by atoms with van der Waals surface area (Å²) in [6.07, 6.45) is 0.607. The molecule has 0 radical (unpaired) electrons. The van der Waals surface area contributed by atoms with Crippen LogP contribution < -0.4 is 9.46 Å². The van der Waals surface area contributed by atoms with Crippen LogP contribution in [0.5, 0.6) is 5.75 Å². The number of hydrogen-bond acceptors (Lipinski definition) is 3. The van der Waals surface area contributed by atoms with Crippen LogP contribution in [-0.2, 0) is 10.0 Å². The monoisotopic (exact) mass is 277 g/mol. The molecule has 4 nitrogen and oxygen atoms in total. The van der Waals surface area contributed by atoms with Crippen molar-refractivity contribution in [2.45, 2.75) is 18.2 Å². The number of ether oxygens (including phenoxy) is 1. The van der Waals surface area contributed by atoms with Crippen LogP contribution >= 0.6 is 11.6 Å². The minimum Gasteiger partial charge on any atom is -0.496 e. The summed E-state index contributed by atoms with van der Waals surface area (Å²) in [5, 5.41) is 0. The maximum Gasteiger partial charge on any atom is 0.240 e. The van der Waals surface area contributed by atoms with Crippen LogP contribution in [0.25, 0.3) is 0 Å². The van der Waals surface area contributed by atoms with Gasteiger partial charge >= 0.3 is 0 Å². The highest BCUT2D eigenvalue weighted by Crippen LogP contribution is 2.21. The number of halogens is 1. The summed E-state index contributed by atoms with van der Waals surface area (Å²) < 4.78 is 31.3. The van der Waals surface area contributed by atoms with E-state index in [1.54, 1.807) is 26.2 Å². The maximum atomic E-state index is 11.9. The van der Waals surface area contributed by atoms with Crippen molar-refractivity contribution in [3.8, 4) is 5.75 Å². The van der Waals surface area contributed by atoms with E-state index in [0.717, 1.165) is 5.56 Å². The molecule has 0 amide bonds. The Morgan fingerprint density at radius 1 is 1.41 bits per heavy atom. The first kappa shape index (κ1) is 14.3. The summed E-state index contributed by atoms with van der Waals surface area (Å²) in [5.74, 6) is 1.11. The second kappa shape index (κ2) is 6.23. The summed E-state index contributed by atoms with van der Waals surface area (Å²) in [6.45, 7) is 2.15. The highest BCUT2D eigenvalue weighted by Gasteiger charge is 2.14. The van der Waals surface area contributed by atoms with Crippen molar-refractivity contribution in [2.75, 3.05) is 19.5 Å². The van der Waals surface area contributed by atoms with Gasteiger partial charge in [-0.25, -0.2) is 13.1 Å². The molecule has 1 N–H and O–H groups in total. The smallest absolute Gasteiger partial charge is 0.240 e. The van der Waals surface area contributed by atoms with E-state index in [1.807, 2.05) is 0 Å². The van der Waals surface area contributed by atoms with Gasteiger partial charge in [-0.2, -0.15) is 0 Å². The van der Waals surface area contributed by atoms with E-state index in [0.29, 0.717) is 24.6 Å². The molecule has 17 heavy (non-hydrogen) atoms. The molecular formula is C11H16ClNO3S. The highest BCUT2D eigenvalue weighted by atomic mass is 35.5. The van der Waals surface area contributed by atoms with E-state index in [9.17, 15) is 8.42 Å². The molecule has 1 rings (SSSR count). The number of aryl methyl sites for hydroxylation is 1. The molecule has 0 spiro atoms. The van der Waals surface area contributed by atoms with Gasteiger partial charge < -0.3 is 4.74 Å². The fourth-order valence-electron chi connectivity index (χ4n) is 1.37. The second-order valence-corrected chi connectivity index (χ2v) is 5.72. The Kier molecular flexibility index (Phi) is 5.24. The fourth-order valence-corrected chi connectivity index (χ4v) is 2.67. The van der Waals surface area contributed by atoms with E-state index < -0.39 is 10.0 Å². The molecule has 1 aromatic rings. The number of nitrogens with one attached hydrogen (secondary N) is 1. The first-order valence-corrected chi connectivity index (χ1v) is 7.23. The van der Waals surface area contributed by atoms with Crippen LogP contribution in [0, 0.1) is 6.92 Å². The number of benzene rings is 1. The minimum absolute atomic E-state index is 0.241. The minimum atomic E-state index is -3.44. The third kappa shape index (κ3) is 3.87. The molecule has 0 aromatic heterocycles. The average molecular weight is 278 g/mol. The normalized spacial score (nSPS) is 11.5. The summed E-state index contributed by atoms with van der Waals surface area (Å²) >= 11 is 5.49. The van der Waals surface area contributed by atoms with Gasteiger partial charge in [0, 0.05) is 12.4 Å². The topological polar surface area (TPSA) is 55.4 Å². The fraction of sp³-hybridized carbons (Fsp3) is 0.455. The predicted octanol–water partition coefficient (Wildman–Crippen LogP) is 1.91. The van der Waals surface area contributed by atoms with Crippen LogP contribution in [0.4, 0.5) is 0 Å². The van der Waals surface area contributed by atoms with Gasteiger partial charge in [0.1, 0.15) is 5.75 Å². The molecule has 0 aliphatic rings. The van der Waals surface area contributed by atoms with Crippen LogP contribution in [-0.4, -0.2) is 28.0 Å². The molecule has 0 aliphatic carbocycles. The first-order chi connectivity index (χ1) is 8.01. The molecule has 0 saturated heterocycles. The van der Waals surface area contributed by atoms with Gasteiger partial charge in [-0.1, -0.05) is 0 Å². The third-order valence-electron chi connectivity index (χ3n) is 2.28. The lowest BCUT2D eigenvalue weighted by Crippen LogP contribution is -2.25. The summed E-state index contributed by atoms with van der Waals surface area (Å²) in [4.78, 5) is 0.241. The zero-order chi connectivity index (χ0) is 12.9. The van der Waals surface area contributed by atoms with E-state index in [1.165, 1.54) is 6.07 Å². The van der Waals surface area contributed by atoms with Gasteiger partial charge in [-0.05, 0) is 37.1 Å². The number of alkyl halides is 1. The third-order valence-corrected chi connectivity index (χ3v) is 4.01. The Bertz CT molecular complexity index is 474. The summed E-state index contributed by atoms with van der Waals surface area (Å²) in [5.41, 5.74) is 0.785. The van der Waals surface area contributed by atoms with Crippen molar-refractivity contribution < 1.29 is 13.2 Å². The maximum absolute atomic E-state index is 11.9. The molecule has 0 saturated carbocycles. The van der Waals surface area contributed by atoms with Crippen molar-refractivity contribution in [2.24, 2.45) is 0 Å². The Balaban J connectivity index is 2.88. The molecule has 0 fully saturated rings. The molecule has 0 aliphatic heterocycles. The molecule has 0 atom stereocenters. The molecule has 96 valence electrons. The lowest BCUT2D eigenvalue weighted by Gasteiger charge is -2.09. The quantitative estimate of drug-likeness (QED) is 0.638.